The summed E-state index contributed by atoms with van der Waals surface area (Å²) in [5, 5.41) is 0. The van der Waals surface area contributed by atoms with Crippen molar-refractivity contribution in [2.45, 2.75) is 46.1 Å². The van der Waals surface area contributed by atoms with Crippen LogP contribution in [0, 0.1) is 5.92 Å². The zero-order valence-electron chi connectivity index (χ0n) is 17.0. The number of benzene rings is 2. The lowest BCUT2D eigenvalue weighted by Gasteiger charge is -2.13. The highest BCUT2D eigenvalue weighted by Gasteiger charge is 2.26. The Bertz CT molecular complexity index is 896. The maximum Gasteiger partial charge on any atom is 0.244 e. The second kappa shape index (κ2) is 9.89. The van der Waals surface area contributed by atoms with Crippen LogP contribution in [0.1, 0.15) is 39.5 Å². The minimum Gasteiger partial charge on any atom is -0.232 e. The minimum absolute atomic E-state index is 0.708. The summed E-state index contributed by atoms with van der Waals surface area (Å²) in [6, 6.07) is 17.3. The summed E-state index contributed by atoms with van der Waals surface area (Å²) in [5.74, 6) is 0.708. The third-order valence-corrected chi connectivity index (χ3v) is 6.47. The van der Waals surface area contributed by atoms with E-state index in [4.69, 9.17) is 0 Å². The second-order valence-corrected chi connectivity index (χ2v) is 9.34. The maximum absolute atomic E-state index is 3.58. The summed E-state index contributed by atoms with van der Waals surface area (Å²) in [4.78, 5) is 0. The molecule has 0 bridgehead atoms. The summed E-state index contributed by atoms with van der Waals surface area (Å²) in [6.07, 6.45) is 7.35. The van der Waals surface area contributed by atoms with Crippen molar-refractivity contribution in [3.8, 4) is 22.5 Å². The Balaban J connectivity index is 2.10. The topological polar surface area (TPSA) is 8.81 Å². The molecule has 3 aromatic rings. The molecule has 2 nitrogen and oxygen atoms in total. The third-order valence-electron chi connectivity index (χ3n) is 5.41. The molecule has 1 heterocycles. The summed E-state index contributed by atoms with van der Waals surface area (Å²) < 4.78 is 6.95. The number of rotatable bonds is 8. The number of hydrogen-bond acceptors (Lipinski definition) is 0. The molecular weight excluding hydrogens is 476 g/mol. The standard InChI is InChI=1S/C24H29Br2N2/c1-4-6-7-18(5-2)16-28-17-27(3)23(19-8-12-21(25)13-9-19)24(28)20-10-14-22(26)15-11-20/h8-15,17-18H,4-7,16H2,1-3H3/q+1. The monoisotopic (exact) mass is 503 g/mol. The lowest BCUT2D eigenvalue weighted by atomic mass is 9.98. The molecule has 0 radical (unpaired) electrons. The van der Waals surface area contributed by atoms with E-state index in [-0.39, 0.29) is 0 Å². The molecular formula is C24H29Br2N2+. The van der Waals surface area contributed by atoms with Gasteiger partial charge in [0.1, 0.15) is 0 Å². The Morgan fingerprint density at radius 1 is 0.893 bits per heavy atom. The molecule has 28 heavy (non-hydrogen) atoms. The lowest BCUT2D eigenvalue weighted by molar-refractivity contribution is -0.660. The van der Waals surface area contributed by atoms with Gasteiger partial charge in [0, 0.05) is 20.1 Å². The molecule has 0 amide bonds. The van der Waals surface area contributed by atoms with Gasteiger partial charge in [-0.3, -0.25) is 0 Å². The van der Waals surface area contributed by atoms with E-state index in [1.165, 1.54) is 48.2 Å². The van der Waals surface area contributed by atoms with Crippen LogP contribution in [0.25, 0.3) is 22.5 Å². The maximum atomic E-state index is 3.58. The predicted molar refractivity (Wildman–Crippen MR) is 125 cm³/mol. The van der Waals surface area contributed by atoms with Crippen molar-refractivity contribution >= 4 is 31.9 Å². The fourth-order valence-corrected chi connectivity index (χ4v) is 4.35. The average molecular weight is 505 g/mol. The number of nitrogens with zero attached hydrogens (tertiary/aromatic N) is 2. The Morgan fingerprint density at radius 3 is 2.00 bits per heavy atom. The summed E-state index contributed by atoms with van der Waals surface area (Å²) >= 11 is 7.14. The van der Waals surface area contributed by atoms with Crippen molar-refractivity contribution in [1.29, 1.82) is 0 Å². The zero-order valence-corrected chi connectivity index (χ0v) is 20.1. The van der Waals surface area contributed by atoms with Gasteiger partial charge in [0.25, 0.3) is 0 Å². The Kier molecular flexibility index (Phi) is 7.53. The first kappa shape index (κ1) is 21.3. The van der Waals surface area contributed by atoms with E-state index >= 15 is 0 Å². The molecule has 0 aliphatic heterocycles. The smallest absolute Gasteiger partial charge is 0.232 e. The summed E-state index contributed by atoms with van der Waals surface area (Å²) in [7, 11) is 2.16. The molecule has 1 unspecified atom stereocenters. The molecule has 3 rings (SSSR count). The van der Waals surface area contributed by atoms with Crippen LogP contribution in [-0.2, 0) is 13.6 Å². The predicted octanol–water partition coefficient (Wildman–Crippen LogP) is 7.39. The number of hydrogen-bond donors (Lipinski definition) is 0. The van der Waals surface area contributed by atoms with Gasteiger partial charge in [-0.15, -0.1) is 0 Å². The van der Waals surface area contributed by atoms with E-state index in [0.29, 0.717) is 5.92 Å². The van der Waals surface area contributed by atoms with E-state index in [1.54, 1.807) is 0 Å². The molecule has 0 aliphatic rings. The van der Waals surface area contributed by atoms with Crippen LogP contribution in [0.4, 0.5) is 0 Å². The fraction of sp³-hybridized carbons (Fsp3) is 0.375. The van der Waals surface area contributed by atoms with E-state index < -0.39 is 0 Å². The van der Waals surface area contributed by atoms with E-state index in [1.807, 2.05) is 0 Å². The van der Waals surface area contributed by atoms with Gasteiger partial charge < -0.3 is 0 Å². The normalized spacial score (nSPS) is 12.3. The molecule has 1 aromatic heterocycles. The van der Waals surface area contributed by atoms with Crippen LogP contribution < -0.4 is 4.57 Å². The lowest BCUT2D eigenvalue weighted by Crippen LogP contribution is -2.28. The molecule has 148 valence electrons. The summed E-state index contributed by atoms with van der Waals surface area (Å²) in [6.45, 7) is 5.66. The van der Waals surface area contributed by atoms with Gasteiger partial charge in [0.15, 0.2) is 11.4 Å². The van der Waals surface area contributed by atoms with Gasteiger partial charge in [-0.2, -0.15) is 0 Å². The third kappa shape index (κ3) is 4.96. The number of aryl methyl sites for hydroxylation is 1. The molecule has 0 saturated heterocycles. The molecule has 1 atom stereocenters. The number of halogens is 2. The van der Waals surface area contributed by atoms with Crippen LogP contribution in [0.5, 0.6) is 0 Å². The van der Waals surface area contributed by atoms with Gasteiger partial charge in [-0.1, -0.05) is 58.5 Å². The molecule has 0 aliphatic carbocycles. The van der Waals surface area contributed by atoms with Gasteiger partial charge in [-0.25, -0.2) is 9.13 Å². The first-order chi connectivity index (χ1) is 13.5. The molecule has 0 fully saturated rings. The molecule has 0 N–H and O–H groups in total. The van der Waals surface area contributed by atoms with Crippen molar-refractivity contribution in [2.24, 2.45) is 13.0 Å². The SMILES string of the molecule is CCCCC(CC)Cn1c[n+](C)c(-c2ccc(Br)cc2)c1-c1ccc(Br)cc1. The Morgan fingerprint density at radius 2 is 1.46 bits per heavy atom. The van der Waals surface area contributed by atoms with E-state index in [0.717, 1.165) is 15.5 Å². The van der Waals surface area contributed by atoms with Crippen molar-refractivity contribution < 1.29 is 4.57 Å². The van der Waals surface area contributed by atoms with Crippen molar-refractivity contribution in [1.82, 2.24) is 4.57 Å². The molecule has 0 spiro atoms. The second-order valence-electron chi connectivity index (χ2n) is 7.51. The zero-order chi connectivity index (χ0) is 20.1. The molecule has 4 heteroatoms. The van der Waals surface area contributed by atoms with Gasteiger partial charge in [-0.05, 0) is 67.3 Å². The first-order valence-electron chi connectivity index (χ1n) is 10.1. The average Bonchev–Trinajstić information content (AvgIpc) is 3.02. The Hall–Kier alpha value is -1.39. The van der Waals surface area contributed by atoms with Gasteiger partial charge in [0.2, 0.25) is 6.33 Å². The van der Waals surface area contributed by atoms with Crippen LogP contribution in [-0.4, -0.2) is 4.57 Å². The van der Waals surface area contributed by atoms with Crippen molar-refractivity contribution in [2.75, 3.05) is 0 Å². The van der Waals surface area contributed by atoms with Gasteiger partial charge in [0.05, 0.1) is 13.6 Å². The number of unbranched alkanes of at least 4 members (excludes halogenated alkanes) is 1. The van der Waals surface area contributed by atoms with Crippen LogP contribution in [0.2, 0.25) is 0 Å². The van der Waals surface area contributed by atoms with Crippen LogP contribution in [0.15, 0.2) is 63.8 Å². The highest BCUT2D eigenvalue weighted by molar-refractivity contribution is 9.10. The van der Waals surface area contributed by atoms with Crippen molar-refractivity contribution in [3.63, 3.8) is 0 Å². The Labute approximate surface area is 185 Å². The van der Waals surface area contributed by atoms with Gasteiger partial charge >= 0.3 is 0 Å². The largest absolute Gasteiger partial charge is 0.244 e. The highest BCUT2D eigenvalue weighted by Crippen LogP contribution is 2.32. The molecule has 0 saturated carbocycles. The number of imidazole rings is 1. The van der Waals surface area contributed by atoms with E-state index in [2.05, 4.69) is 117 Å². The van der Waals surface area contributed by atoms with E-state index in [9.17, 15) is 0 Å². The van der Waals surface area contributed by atoms with Crippen LogP contribution >= 0.6 is 31.9 Å². The molecule has 2 aromatic carbocycles. The minimum atomic E-state index is 0.708. The summed E-state index contributed by atoms with van der Waals surface area (Å²) in [5.41, 5.74) is 5.06. The fourth-order valence-electron chi connectivity index (χ4n) is 3.82. The first-order valence-corrected chi connectivity index (χ1v) is 11.7. The number of aromatic nitrogens is 2. The highest BCUT2D eigenvalue weighted by atomic mass is 79.9. The van der Waals surface area contributed by atoms with Crippen LogP contribution in [0.3, 0.4) is 0 Å². The van der Waals surface area contributed by atoms with Crippen molar-refractivity contribution in [3.05, 3.63) is 63.8 Å². The quantitative estimate of drug-likeness (QED) is 0.283.